The van der Waals surface area contributed by atoms with Crippen LogP contribution in [0, 0.1) is 0 Å². The minimum atomic E-state index is 0.0139. The van der Waals surface area contributed by atoms with Gasteiger partial charge in [-0.2, -0.15) is 0 Å². The van der Waals surface area contributed by atoms with Crippen molar-refractivity contribution in [1.82, 2.24) is 4.90 Å². The molecule has 0 spiro atoms. The number of fused-ring (bicyclic) bond motifs is 1. The lowest BCUT2D eigenvalue weighted by Gasteiger charge is -2.27. The number of rotatable bonds is 3. The number of amides is 2. The molecule has 0 radical (unpaired) electrons. The molecule has 2 aliphatic rings. The van der Waals surface area contributed by atoms with Crippen LogP contribution < -0.4 is 4.90 Å². The van der Waals surface area contributed by atoms with Crippen molar-refractivity contribution >= 4 is 17.5 Å². The van der Waals surface area contributed by atoms with E-state index in [1.807, 2.05) is 53.4 Å². The van der Waals surface area contributed by atoms with Gasteiger partial charge in [0, 0.05) is 24.3 Å². The van der Waals surface area contributed by atoms with Gasteiger partial charge in [0.05, 0.1) is 26.2 Å². The van der Waals surface area contributed by atoms with Crippen molar-refractivity contribution in [1.29, 1.82) is 0 Å². The minimum absolute atomic E-state index is 0.0139. The SMILES string of the molecule is O=C(c1ccc2c(c1)CC(=O)N2Cc1ccccc1)N1CCOCC1. The molecule has 0 unspecified atom stereocenters. The molecule has 1 saturated heterocycles. The van der Waals surface area contributed by atoms with Gasteiger partial charge in [-0.05, 0) is 29.3 Å². The zero-order valence-corrected chi connectivity index (χ0v) is 14.0. The number of morpholine rings is 1. The van der Waals surface area contributed by atoms with Crippen LogP contribution in [0.5, 0.6) is 0 Å². The van der Waals surface area contributed by atoms with E-state index in [1.165, 1.54) is 0 Å². The van der Waals surface area contributed by atoms with Crippen LogP contribution in [0.1, 0.15) is 21.5 Å². The summed E-state index contributed by atoms with van der Waals surface area (Å²) in [5.41, 5.74) is 3.58. The molecule has 2 aliphatic heterocycles. The van der Waals surface area contributed by atoms with Crippen molar-refractivity contribution in [3.05, 3.63) is 65.2 Å². The first-order chi connectivity index (χ1) is 12.2. The highest BCUT2D eigenvalue weighted by molar-refractivity contribution is 6.03. The van der Waals surface area contributed by atoms with Crippen molar-refractivity contribution in [2.75, 3.05) is 31.2 Å². The van der Waals surface area contributed by atoms with Crippen LogP contribution in [0.3, 0.4) is 0 Å². The molecule has 0 aromatic heterocycles. The summed E-state index contributed by atoms with van der Waals surface area (Å²) in [6.07, 6.45) is 0.354. The Bertz CT molecular complexity index is 798. The van der Waals surface area contributed by atoms with Crippen LogP contribution >= 0.6 is 0 Å². The first-order valence-corrected chi connectivity index (χ1v) is 8.56. The fraction of sp³-hybridized carbons (Fsp3) is 0.300. The van der Waals surface area contributed by atoms with E-state index in [1.54, 1.807) is 4.90 Å². The summed E-state index contributed by atoms with van der Waals surface area (Å²) in [7, 11) is 0. The van der Waals surface area contributed by atoms with Gasteiger partial charge in [-0.15, -0.1) is 0 Å². The van der Waals surface area contributed by atoms with Crippen LogP contribution in [0.4, 0.5) is 5.69 Å². The molecule has 0 aliphatic carbocycles. The summed E-state index contributed by atoms with van der Waals surface area (Å²) < 4.78 is 5.30. The zero-order valence-electron chi connectivity index (χ0n) is 14.0. The van der Waals surface area contributed by atoms with Crippen LogP contribution in [-0.2, 0) is 22.5 Å². The van der Waals surface area contributed by atoms with Crippen LogP contribution in [0.2, 0.25) is 0 Å². The van der Waals surface area contributed by atoms with E-state index in [2.05, 4.69) is 0 Å². The highest BCUT2D eigenvalue weighted by Gasteiger charge is 2.29. The monoisotopic (exact) mass is 336 g/mol. The predicted octanol–water partition coefficient (Wildman–Crippen LogP) is 2.25. The van der Waals surface area contributed by atoms with E-state index >= 15 is 0 Å². The Morgan fingerprint density at radius 1 is 1.04 bits per heavy atom. The molecule has 0 atom stereocenters. The topological polar surface area (TPSA) is 49.9 Å². The fourth-order valence-corrected chi connectivity index (χ4v) is 3.40. The Morgan fingerprint density at radius 2 is 1.80 bits per heavy atom. The molecule has 2 heterocycles. The smallest absolute Gasteiger partial charge is 0.254 e. The summed E-state index contributed by atoms with van der Waals surface area (Å²) in [5.74, 6) is 0.0925. The van der Waals surface area contributed by atoms with Gasteiger partial charge in [-0.1, -0.05) is 30.3 Å². The third kappa shape index (κ3) is 3.15. The molecule has 0 saturated carbocycles. The lowest BCUT2D eigenvalue weighted by atomic mass is 10.1. The Labute approximate surface area is 146 Å². The van der Waals surface area contributed by atoms with E-state index in [4.69, 9.17) is 4.74 Å². The van der Waals surface area contributed by atoms with Gasteiger partial charge in [0.15, 0.2) is 0 Å². The first kappa shape index (κ1) is 15.8. The Morgan fingerprint density at radius 3 is 2.56 bits per heavy atom. The maximum atomic E-state index is 12.6. The van der Waals surface area contributed by atoms with Crippen molar-refractivity contribution in [2.24, 2.45) is 0 Å². The van der Waals surface area contributed by atoms with Crippen LogP contribution in [0.15, 0.2) is 48.5 Å². The lowest BCUT2D eigenvalue weighted by Crippen LogP contribution is -2.40. The van der Waals surface area contributed by atoms with Gasteiger partial charge in [0.2, 0.25) is 5.91 Å². The predicted molar refractivity (Wildman–Crippen MR) is 94.5 cm³/mol. The highest BCUT2D eigenvalue weighted by atomic mass is 16.5. The standard InChI is InChI=1S/C20H20N2O3/c23-19-13-17-12-16(20(24)21-8-10-25-11-9-21)6-7-18(17)22(19)14-15-4-2-1-3-5-15/h1-7,12H,8-11,13-14H2. The highest BCUT2D eigenvalue weighted by Crippen LogP contribution is 2.31. The number of carbonyl (C=O) groups excluding carboxylic acids is 2. The third-order valence-corrected chi connectivity index (χ3v) is 4.74. The number of carbonyl (C=O) groups is 2. The molecule has 25 heavy (non-hydrogen) atoms. The van der Waals surface area contributed by atoms with Crippen molar-refractivity contribution in [3.8, 4) is 0 Å². The normalized spacial score (nSPS) is 16.9. The molecule has 2 aromatic rings. The number of hydrogen-bond donors (Lipinski definition) is 0. The first-order valence-electron chi connectivity index (χ1n) is 8.56. The summed E-state index contributed by atoms with van der Waals surface area (Å²) in [5, 5.41) is 0. The molecule has 0 bridgehead atoms. The maximum absolute atomic E-state index is 12.6. The third-order valence-electron chi connectivity index (χ3n) is 4.74. The molecule has 2 amide bonds. The Balaban J connectivity index is 1.56. The largest absolute Gasteiger partial charge is 0.378 e. The van der Waals surface area contributed by atoms with E-state index in [-0.39, 0.29) is 11.8 Å². The fourth-order valence-electron chi connectivity index (χ4n) is 3.40. The quantitative estimate of drug-likeness (QED) is 0.864. The van der Waals surface area contributed by atoms with Gasteiger partial charge < -0.3 is 14.5 Å². The molecule has 128 valence electrons. The zero-order chi connectivity index (χ0) is 17.2. The van der Waals surface area contributed by atoms with Crippen LogP contribution in [-0.4, -0.2) is 43.0 Å². The van der Waals surface area contributed by atoms with Gasteiger partial charge in [0.1, 0.15) is 0 Å². The Hall–Kier alpha value is -2.66. The van der Waals surface area contributed by atoms with E-state index in [9.17, 15) is 9.59 Å². The van der Waals surface area contributed by atoms with E-state index in [0.29, 0.717) is 44.8 Å². The van der Waals surface area contributed by atoms with Crippen molar-refractivity contribution in [2.45, 2.75) is 13.0 Å². The second-order valence-corrected chi connectivity index (χ2v) is 6.39. The minimum Gasteiger partial charge on any atom is -0.378 e. The number of nitrogens with zero attached hydrogens (tertiary/aromatic N) is 2. The van der Waals surface area contributed by atoms with Gasteiger partial charge in [0.25, 0.3) is 5.91 Å². The molecule has 1 fully saturated rings. The number of ether oxygens (including phenoxy) is 1. The molecule has 0 N–H and O–H groups in total. The van der Waals surface area contributed by atoms with Gasteiger partial charge in [-0.3, -0.25) is 9.59 Å². The molecule has 2 aromatic carbocycles. The summed E-state index contributed by atoms with van der Waals surface area (Å²) in [6, 6.07) is 15.5. The van der Waals surface area contributed by atoms with E-state index < -0.39 is 0 Å². The van der Waals surface area contributed by atoms with Crippen LogP contribution in [0.25, 0.3) is 0 Å². The van der Waals surface area contributed by atoms with Gasteiger partial charge in [-0.25, -0.2) is 0 Å². The molecule has 5 nitrogen and oxygen atoms in total. The molecule has 4 rings (SSSR count). The average Bonchev–Trinajstić information content (AvgIpc) is 2.97. The second-order valence-electron chi connectivity index (χ2n) is 6.39. The molecular weight excluding hydrogens is 316 g/mol. The van der Waals surface area contributed by atoms with Crippen molar-refractivity contribution in [3.63, 3.8) is 0 Å². The number of benzene rings is 2. The molecular formula is C20H20N2O3. The molecule has 5 heteroatoms. The lowest BCUT2D eigenvalue weighted by molar-refractivity contribution is -0.117. The Kier molecular flexibility index (Phi) is 4.24. The maximum Gasteiger partial charge on any atom is 0.254 e. The summed E-state index contributed by atoms with van der Waals surface area (Å²) in [6.45, 7) is 2.97. The number of anilines is 1. The van der Waals surface area contributed by atoms with E-state index in [0.717, 1.165) is 16.8 Å². The summed E-state index contributed by atoms with van der Waals surface area (Å²) >= 11 is 0. The van der Waals surface area contributed by atoms with Crippen molar-refractivity contribution < 1.29 is 14.3 Å². The number of hydrogen-bond acceptors (Lipinski definition) is 3. The second kappa shape index (κ2) is 6.69. The van der Waals surface area contributed by atoms with Gasteiger partial charge >= 0.3 is 0 Å². The average molecular weight is 336 g/mol. The summed E-state index contributed by atoms with van der Waals surface area (Å²) in [4.78, 5) is 28.7.